The first kappa shape index (κ1) is 16.0. The van der Waals surface area contributed by atoms with E-state index in [1.54, 1.807) is 12.1 Å². The van der Waals surface area contributed by atoms with E-state index in [4.69, 9.17) is 9.47 Å². The lowest BCUT2D eigenvalue weighted by Gasteiger charge is -2.31. The van der Waals surface area contributed by atoms with Gasteiger partial charge < -0.3 is 14.6 Å². The maximum absolute atomic E-state index is 11.0. The van der Waals surface area contributed by atoms with E-state index in [-0.39, 0.29) is 11.9 Å². The van der Waals surface area contributed by atoms with Gasteiger partial charge >= 0.3 is 5.97 Å². The number of benzene rings is 2. The second kappa shape index (κ2) is 6.34. The van der Waals surface area contributed by atoms with Crippen LogP contribution < -0.4 is 9.47 Å². The molecule has 1 aliphatic rings. The van der Waals surface area contributed by atoms with Gasteiger partial charge in [0.25, 0.3) is 0 Å². The SMILES string of the molecule is CC(=O)Oc1ccc(C2COc3c(ccc(C)c3Br)C2O)cc1. The highest BCUT2D eigenvalue weighted by Crippen LogP contribution is 2.44. The van der Waals surface area contributed by atoms with Crippen LogP contribution in [0.4, 0.5) is 0 Å². The van der Waals surface area contributed by atoms with E-state index in [1.165, 1.54) is 6.92 Å². The van der Waals surface area contributed by atoms with Crippen LogP contribution in [0.3, 0.4) is 0 Å². The van der Waals surface area contributed by atoms with Gasteiger partial charge in [0.1, 0.15) is 11.5 Å². The largest absolute Gasteiger partial charge is 0.491 e. The summed E-state index contributed by atoms with van der Waals surface area (Å²) in [6.07, 6.45) is -0.643. The Balaban J connectivity index is 1.87. The molecule has 120 valence electrons. The topological polar surface area (TPSA) is 55.8 Å². The number of esters is 1. The summed E-state index contributed by atoms with van der Waals surface area (Å²) in [5.41, 5.74) is 2.79. The Kier molecular flexibility index (Phi) is 4.41. The molecular formula is C18H17BrO4. The summed E-state index contributed by atoms with van der Waals surface area (Å²) in [4.78, 5) is 11.0. The molecule has 2 atom stereocenters. The van der Waals surface area contributed by atoms with E-state index < -0.39 is 6.10 Å². The van der Waals surface area contributed by atoms with Crippen LogP contribution in [0, 0.1) is 6.92 Å². The molecule has 1 heterocycles. The average molecular weight is 377 g/mol. The van der Waals surface area contributed by atoms with Gasteiger partial charge in [0, 0.05) is 18.4 Å². The first-order valence-electron chi connectivity index (χ1n) is 7.35. The molecule has 0 radical (unpaired) electrons. The van der Waals surface area contributed by atoms with Crippen LogP contribution in [0.2, 0.25) is 0 Å². The van der Waals surface area contributed by atoms with Gasteiger partial charge in [-0.05, 0) is 46.1 Å². The average Bonchev–Trinajstić information content (AvgIpc) is 2.52. The maximum Gasteiger partial charge on any atom is 0.308 e. The molecular weight excluding hydrogens is 360 g/mol. The van der Waals surface area contributed by atoms with E-state index in [0.717, 1.165) is 21.2 Å². The first-order valence-corrected chi connectivity index (χ1v) is 8.15. The lowest BCUT2D eigenvalue weighted by molar-refractivity contribution is -0.131. The molecule has 2 aromatic rings. The zero-order valence-electron chi connectivity index (χ0n) is 12.9. The van der Waals surface area contributed by atoms with Crippen molar-refractivity contribution in [1.29, 1.82) is 0 Å². The second-order valence-electron chi connectivity index (χ2n) is 5.64. The van der Waals surface area contributed by atoms with Gasteiger partial charge in [0.15, 0.2) is 0 Å². The lowest BCUT2D eigenvalue weighted by atomic mass is 9.87. The van der Waals surface area contributed by atoms with Gasteiger partial charge in [-0.2, -0.15) is 0 Å². The third kappa shape index (κ3) is 3.12. The molecule has 1 aliphatic heterocycles. The minimum Gasteiger partial charge on any atom is -0.491 e. The standard InChI is InChI=1S/C18H17BrO4/c1-10-3-8-14-17(21)15(9-22-18(14)16(10)19)12-4-6-13(7-5-12)23-11(2)20/h3-8,15,17,21H,9H2,1-2H3. The number of aliphatic hydroxyl groups excluding tert-OH is 1. The molecule has 2 unspecified atom stereocenters. The number of aliphatic hydroxyl groups is 1. The predicted octanol–water partition coefficient (Wildman–Crippen LogP) is 3.89. The summed E-state index contributed by atoms with van der Waals surface area (Å²) in [6.45, 7) is 3.74. The van der Waals surface area contributed by atoms with Crippen LogP contribution >= 0.6 is 15.9 Å². The third-order valence-electron chi connectivity index (χ3n) is 4.00. The number of rotatable bonds is 2. The van der Waals surface area contributed by atoms with Crippen LogP contribution in [0.25, 0.3) is 0 Å². The quantitative estimate of drug-likeness (QED) is 0.637. The zero-order valence-corrected chi connectivity index (χ0v) is 14.5. The molecule has 1 N–H and O–H groups in total. The molecule has 0 saturated carbocycles. The second-order valence-corrected chi connectivity index (χ2v) is 6.43. The van der Waals surface area contributed by atoms with Gasteiger partial charge in [0.2, 0.25) is 0 Å². The molecule has 3 rings (SSSR count). The van der Waals surface area contributed by atoms with Crippen molar-refractivity contribution in [3.05, 3.63) is 57.6 Å². The van der Waals surface area contributed by atoms with Crippen molar-refractivity contribution in [3.63, 3.8) is 0 Å². The smallest absolute Gasteiger partial charge is 0.308 e. The molecule has 0 fully saturated rings. The van der Waals surface area contributed by atoms with Crippen molar-refractivity contribution in [2.45, 2.75) is 25.9 Å². The van der Waals surface area contributed by atoms with Gasteiger partial charge in [-0.25, -0.2) is 0 Å². The van der Waals surface area contributed by atoms with Crippen molar-refractivity contribution >= 4 is 21.9 Å². The van der Waals surface area contributed by atoms with Crippen molar-refractivity contribution in [2.24, 2.45) is 0 Å². The van der Waals surface area contributed by atoms with Crippen LogP contribution in [-0.4, -0.2) is 17.7 Å². The summed E-state index contributed by atoms with van der Waals surface area (Å²) >= 11 is 3.52. The van der Waals surface area contributed by atoms with Crippen molar-refractivity contribution < 1.29 is 19.4 Å². The Labute approximate surface area is 143 Å². The van der Waals surface area contributed by atoms with Crippen molar-refractivity contribution in [3.8, 4) is 11.5 Å². The number of fused-ring (bicyclic) bond motifs is 1. The number of ether oxygens (including phenoxy) is 2. The summed E-state index contributed by atoms with van der Waals surface area (Å²) in [6, 6.07) is 11.0. The summed E-state index contributed by atoms with van der Waals surface area (Å²) in [7, 11) is 0. The van der Waals surface area contributed by atoms with Gasteiger partial charge in [-0.3, -0.25) is 4.79 Å². The number of carbonyl (C=O) groups excluding carboxylic acids is 1. The van der Waals surface area contributed by atoms with E-state index >= 15 is 0 Å². The predicted molar refractivity (Wildman–Crippen MR) is 89.8 cm³/mol. The summed E-state index contributed by atoms with van der Waals surface area (Å²) < 4.78 is 11.8. The highest BCUT2D eigenvalue weighted by atomic mass is 79.9. The van der Waals surface area contributed by atoms with E-state index in [9.17, 15) is 9.90 Å². The molecule has 5 heteroatoms. The van der Waals surface area contributed by atoms with Crippen LogP contribution in [-0.2, 0) is 4.79 Å². The van der Waals surface area contributed by atoms with E-state index in [0.29, 0.717) is 18.1 Å². The number of carbonyl (C=O) groups is 1. The van der Waals surface area contributed by atoms with Crippen LogP contribution in [0.15, 0.2) is 40.9 Å². The minimum absolute atomic E-state index is 0.163. The number of hydrogen-bond donors (Lipinski definition) is 1. The van der Waals surface area contributed by atoms with Gasteiger partial charge in [-0.1, -0.05) is 24.3 Å². The molecule has 4 nitrogen and oxygen atoms in total. The van der Waals surface area contributed by atoms with Crippen molar-refractivity contribution in [1.82, 2.24) is 0 Å². The molecule has 0 amide bonds. The van der Waals surface area contributed by atoms with E-state index in [2.05, 4.69) is 15.9 Å². The fourth-order valence-electron chi connectivity index (χ4n) is 2.76. The zero-order chi connectivity index (χ0) is 16.6. The Morgan fingerprint density at radius 3 is 2.61 bits per heavy atom. The van der Waals surface area contributed by atoms with E-state index in [1.807, 2.05) is 31.2 Å². The minimum atomic E-state index is -0.643. The van der Waals surface area contributed by atoms with Gasteiger partial charge in [-0.15, -0.1) is 0 Å². The fraction of sp³-hybridized carbons (Fsp3) is 0.278. The molecule has 0 bridgehead atoms. The number of halogens is 1. The molecule has 2 aromatic carbocycles. The molecule has 0 saturated heterocycles. The molecule has 0 spiro atoms. The third-order valence-corrected chi connectivity index (χ3v) is 4.98. The highest BCUT2D eigenvalue weighted by molar-refractivity contribution is 9.10. The Morgan fingerprint density at radius 1 is 1.26 bits per heavy atom. The van der Waals surface area contributed by atoms with Crippen LogP contribution in [0.5, 0.6) is 11.5 Å². The number of hydrogen-bond acceptors (Lipinski definition) is 4. The Hall–Kier alpha value is -1.85. The highest BCUT2D eigenvalue weighted by Gasteiger charge is 2.32. The summed E-state index contributed by atoms with van der Waals surface area (Å²) in [5, 5.41) is 10.7. The monoisotopic (exact) mass is 376 g/mol. The van der Waals surface area contributed by atoms with Gasteiger partial charge in [0.05, 0.1) is 17.2 Å². The van der Waals surface area contributed by atoms with Crippen LogP contribution in [0.1, 0.15) is 35.6 Å². The molecule has 0 aromatic heterocycles. The normalized spacial score (nSPS) is 19.7. The lowest BCUT2D eigenvalue weighted by Crippen LogP contribution is -2.24. The summed E-state index contributed by atoms with van der Waals surface area (Å²) in [5.74, 6) is 0.688. The molecule has 0 aliphatic carbocycles. The first-order chi connectivity index (χ1) is 11.0. The fourth-order valence-corrected chi connectivity index (χ4v) is 3.23. The molecule has 23 heavy (non-hydrogen) atoms. The number of aryl methyl sites for hydroxylation is 1. The Bertz CT molecular complexity index is 739. The maximum atomic E-state index is 11.0. The Morgan fingerprint density at radius 2 is 1.96 bits per heavy atom. The van der Waals surface area contributed by atoms with Crippen molar-refractivity contribution in [2.75, 3.05) is 6.61 Å².